The van der Waals surface area contributed by atoms with Gasteiger partial charge in [0.15, 0.2) is 11.6 Å². The number of hydrogen-bond acceptors (Lipinski definition) is 4. The van der Waals surface area contributed by atoms with E-state index in [2.05, 4.69) is 16.7 Å². The van der Waals surface area contributed by atoms with Gasteiger partial charge in [0.2, 0.25) is 0 Å². The topological polar surface area (TPSA) is 39.9 Å². The summed E-state index contributed by atoms with van der Waals surface area (Å²) in [5.41, 5.74) is 0.749. The van der Waals surface area contributed by atoms with Gasteiger partial charge < -0.3 is 9.52 Å². The van der Waals surface area contributed by atoms with Gasteiger partial charge in [0.25, 0.3) is 0 Å². The van der Waals surface area contributed by atoms with Gasteiger partial charge in [0, 0.05) is 45.2 Å². The quantitative estimate of drug-likeness (QED) is 0.819. The van der Waals surface area contributed by atoms with Gasteiger partial charge in [-0.3, -0.25) is 9.80 Å². The first-order valence-corrected chi connectivity index (χ1v) is 9.17. The lowest BCUT2D eigenvalue weighted by Crippen LogP contribution is -2.52. The average Bonchev–Trinajstić information content (AvgIpc) is 3.08. The maximum absolute atomic E-state index is 13.5. The van der Waals surface area contributed by atoms with Crippen molar-refractivity contribution in [2.45, 2.75) is 38.9 Å². The minimum Gasteiger partial charge on any atom is -0.465 e. The molecule has 2 aromatic rings. The molecule has 4 nitrogen and oxygen atoms in total. The molecule has 1 saturated heterocycles. The van der Waals surface area contributed by atoms with Crippen molar-refractivity contribution in [3.63, 3.8) is 0 Å². The fraction of sp³-hybridized carbons (Fsp3) is 0.500. The highest BCUT2D eigenvalue weighted by atomic mass is 19.2. The molecule has 6 heteroatoms. The Morgan fingerprint density at radius 1 is 1.08 bits per heavy atom. The van der Waals surface area contributed by atoms with E-state index in [4.69, 9.17) is 4.42 Å². The highest BCUT2D eigenvalue weighted by molar-refractivity contribution is 5.18. The molecule has 0 spiro atoms. The van der Waals surface area contributed by atoms with E-state index in [1.54, 1.807) is 6.07 Å². The van der Waals surface area contributed by atoms with E-state index in [1.165, 1.54) is 12.1 Å². The number of hydrogen-bond donors (Lipinski definition) is 1. The van der Waals surface area contributed by atoms with Crippen LogP contribution in [0.25, 0.3) is 0 Å². The van der Waals surface area contributed by atoms with Crippen LogP contribution in [0.3, 0.4) is 0 Å². The van der Waals surface area contributed by atoms with Gasteiger partial charge in [-0.1, -0.05) is 13.0 Å². The van der Waals surface area contributed by atoms with Gasteiger partial charge in [-0.15, -0.1) is 0 Å². The molecule has 0 radical (unpaired) electrons. The number of aliphatic hydroxyl groups is 1. The first kappa shape index (κ1) is 19.0. The number of nitrogens with zero attached hydrogens (tertiary/aromatic N) is 2. The number of aryl methyl sites for hydroxylation is 1. The van der Waals surface area contributed by atoms with Gasteiger partial charge in [0.1, 0.15) is 11.5 Å². The highest BCUT2D eigenvalue weighted by Crippen LogP contribution is 2.20. The van der Waals surface area contributed by atoms with Crippen LogP contribution in [0.1, 0.15) is 30.4 Å². The Morgan fingerprint density at radius 3 is 2.58 bits per heavy atom. The molecule has 1 aliphatic heterocycles. The van der Waals surface area contributed by atoms with Crippen LogP contribution in [0, 0.1) is 11.6 Å². The standard InChI is InChI=1S/C20H26F2N2O2/c1-2-17-4-5-18(26-17)14-23-8-9-24(16(13-23)7-10-25)12-15-3-6-19(21)20(22)11-15/h3-6,11,16,25H,2,7-10,12-14H2,1H3/t16-/m0/s1. The summed E-state index contributed by atoms with van der Waals surface area (Å²) in [4.78, 5) is 4.55. The summed E-state index contributed by atoms with van der Waals surface area (Å²) >= 11 is 0. The summed E-state index contributed by atoms with van der Waals surface area (Å²) in [5.74, 6) is 0.308. The van der Waals surface area contributed by atoms with Gasteiger partial charge in [0.05, 0.1) is 6.54 Å². The van der Waals surface area contributed by atoms with Crippen LogP contribution in [0.4, 0.5) is 8.78 Å². The van der Waals surface area contributed by atoms with Crippen LogP contribution >= 0.6 is 0 Å². The number of rotatable bonds is 7. The van der Waals surface area contributed by atoms with Gasteiger partial charge in [-0.05, 0) is 36.2 Å². The SMILES string of the molecule is CCc1ccc(CN2CCN(Cc3ccc(F)c(F)c3)[C@@H](CCO)C2)o1. The second-order valence-electron chi connectivity index (χ2n) is 6.84. The Morgan fingerprint density at radius 2 is 1.88 bits per heavy atom. The molecule has 2 heterocycles. The van der Waals surface area contributed by atoms with Crippen molar-refractivity contribution < 1.29 is 18.3 Å². The molecule has 1 aromatic heterocycles. The number of aliphatic hydroxyl groups excluding tert-OH is 1. The molecule has 142 valence electrons. The molecular weight excluding hydrogens is 338 g/mol. The Kier molecular flexibility index (Phi) is 6.40. The minimum atomic E-state index is -0.824. The maximum Gasteiger partial charge on any atom is 0.159 e. The van der Waals surface area contributed by atoms with E-state index in [9.17, 15) is 13.9 Å². The highest BCUT2D eigenvalue weighted by Gasteiger charge is 2.27. The van der Waals surface area contributed by atoms with Gasteiger partial charge in [-0.25, -0.2) is 8.78 Å². The summed E-state index contributed by atoms with van der Waals surface area (Å²) in [7, 11) is 0. The molecule has 0 unspecified atom stereocenters. The lowest BCUT2D eigenvalue weighted by Gasteiger charge is -2.41. The van der Waals surface area contributed by atoms with Crippen LogP contribution in [0.15, 0.2) is 34.7 Å². The predicted octanol–water partition coefficient (Wildman–Crippen LogP) is 3.19. The van der Waals surface area contributed by atoms with Crippen LogP contribution in [0.2, 0.25) is 0 Å². The molecule has 0 aliphatic carbocycles. The summed E-state index contributed by atoms with van der Waals surface area (Å²) in [6.45, 7) is 5.97. The Hall–Kier alpha value is -1.76. The molecule has 1 fully saturated rings. The van der Waals surface area contributed by atoms with Crippen molar-refractivity contribution in [2.24, 2.45) is 0 Å². The number of furan rings is 1. The Bertz CT molecular complexity index is 720. The first-order valence-electron chi connectivity index (χ1n) is 9.17. The van der Waals surface area contributed by atoms with Crippen LogP contribution in [-0.4, -0.2) is 47.2 Å². The van der Waals surface area contributed by atoms with Crippen molar-refractivity contribution in [1.82, 2.24) is 9.80 Å². The van der Waals surface area contributed by atoms with Crippen LogP contribution in [0.5, 0.6) is 0 Å². The molecule has 1 aliphatic rings. The van der Waals surface area contributed by atoms with E-state index in [1.807, 2.05) is 12.1 Å². The third kappa shape index (κ3) is 4.69. The van der Waals surface area contributed by atoms with Crippen molar-refractivity contribution in [3.8, 4) is 0 Å². The zero-order valence-electron chi connectivity index (χ0n) is 15.1. The van der Waals surface area contributed by atoms with E-state index in [0.29, 0.717) is 13.0 Å². The second kappa shape index (κ2) is 8.75. The lowest BCUT2D eigenvalue weighted by atomic mass is 10.1. The predicted molar refractivity (Wildman–Crippen MR) is 95.6 cm³/mol. The van der Waals surface area contributed by atoms with E-state index >= 15 is 0 Å². The third-order valence-corrected chi connectivity index (χ3v) is 4.97. The van der Waals surface area contributed by atoms with E-state index in [0.717, 1.165) is 49.7 Å². The molecule has 0 amide bonds. The zero-order chi connectivity index (χ0) is 18.5. The minimum absolute atomic E-state index is 0.105. The maximum atomic E-state index is 13.5. The van der Waals surface area contributed by atoms with Crippen molar-refractivity contribution in [1.29, 1.82) is 0 Å². The monoisotopic (exact) mass is 364 g/mol. The summed E-state index contributed by atoms with van der Waals surface area (Å²) in [6.07, 6.45) is 1.54. The summed E-state index contributed by atoms with van der Waals surface area (Å²) in [5, 5.41) is 9.42. The van der Waals surface area contributed by atoms with Crippen LogP contribution < -0.4 is 0 Å². The Balaban J connectivity index is 1.62. The van der Waals surface area contributed by atoms with Crippen molar-refractivity contribution in [3.05, 3.63) is 59.1 Å². The van der Waals surface area contributed by atoms with Crippen LogP contribution in [-0.2, 0) is 19.5 Å². The van der Waals surface area contributed by atoms with Crippen molar-refractivity contribution >= 4 is 0 Å². The summed E-state index contributed by atoms with van der Waals surface area (Å²) < 4.78 is 32.4. The van der Waals surface area contributed by atoms with E-state index in [-0.39, 0.29) is 12.6 Å². The largest absolute Gasteiger partial charge is 0.465 e. The molecule has 0 bridgehead atoms. The van der Waals surface area contributed by atoms with E-state index < -0.39 is 11.6 Å². The second-order valence-corrected chi connectivity index (χ2v) is 6.84. The lowest BCUT2D eigenvalue weighted by molar-refractivity contribution is 0.0466. The number of halogens is 2. The molecule has 1 atom stereocenters. The number of piperazine rings is 1. The zero-order valence-corrected chi connectivity index (χ0v) is 15.1. The Labute approximate surface area is 153 Å². The molecular formula is C20H26F2N2O2. The fourth-order valence-corrected chi connectivity index (χ4v) is 3.52. The van der Waals surface area contributed by atoms with Crippen molar-refractivity contribution in [2.75, 3.05) is 26.2 Å². The van der Waals surface area contributed by atoms with Gasteiger partial charge >= 0.3 is 0 Å². The molecule has 1 aromatic carbocycles. The average molecular weight is 364 g/mol. The van der Waals surface area contributed by atoms with Gasteiger partial charge in [-0.2, -0.15) is 0 Å². The molecule has 3 rings (SSSR count). The molecule has 1 N–H and O–H groups in total. The fourth-order valence-electron chi connectivity index (χ4n) is 3.52. The molecule has 26 heavy (non-hydrogen) atoms. The summed E-state index contributed by atoms with van der Waals surface area (Å²) in [6, 6.07) is 8.25. The smallest absolute Gasteiger partial charge is 0.159 e. The third-order valence-electron chi connectivity index (χ3n) is 4.97. The molecule has 0 saturated carbocycles. The first-order chi connectivity index (χ1) is 12.6. The normalized spacial score (nSPS) is 19.2. The number of benzene rings is 1.